The van der Waals surface area contributed by atoms with Crippen molar-refractivity contribution in [1.82, 2.24) is 0 Å². The van der Waals surface area contributed by atoms with E-state index >= 15 is 0 Å². The third-order valence-corrected chi connectivity index (χ3v) is 4.90. The monoisotopic (exact) mass is 430 g/mol. The zero-order valence-corrected chi connectivity index (χ0v) is 17.2. The Bertz CT molecular complexity index is 1280. The zero-order chi connectivity index (χ0) is 22.8. The summed E-state index contributed by atoms with van der Waals surface area (Å²) in [5.41, 5.74) is 2.53. The second-order valence-electron chi connectivity index (χ2n) is 6.99. The molecule has 0 radical (unpaired) electrons. The van der Waals surface area contributed by atoms with E-state index < -0.39 is 11.9 Å². The fourth-order valence-corrected chi connectivity index (χ4v) is 3.25. The number of benzene rings is 2. The van der Waals surface area contributed by atoms with Crippen molar-refractivity contribution in [2.75, 3.05) is 12.1 Å². The number of amides is 1. The summed E-state index contributed by atoms with van der Waals surface area (Å²) >= 11 is 0. The van der Waals surface area contributed by atoms with Gasteiger partial charge in [-0.3, -0.25) is 4.79 Å². The Hall–Kier alpha value is -4.46. The van der Waals surface area contributed by atoms with Crippen molar-refractivity contribution in [3.63, 3.8) is 0 Å². The lowest BCUT2D eigenvalue weighted by molar-refractivity contribution is -0.114. The third-order valence-electron chi connectivity index (χ3n) is 4.90. The van der Waals surface area contributed by atoms with Crippen LogP contribution in [0.25, 0.3) is 17.4 Å². The number of methoxy groups -OCH3 is 1. The van der Waals surface area contributed by atoms with Crippen LogP contribution in [0.5, 0.6) is 0 Å². The van der Waals surface area contributed by atoms with Crippen LogP contribution in [-0.2, 0) is 9.53 Å². The highest BCUT2D eigenvalue weighted by atomic mass is 16.5. The molecule has 1 aromatic heterocycles. The summed E-state index contributed by atoms with van der Waals surface area (Å²) < 4.78 is 10.5. The molecule has 0 saturated heterocycles. The minimum absolute atomic E-state index is 0.154. The Morgan fingerprint density at radius 1 is 1.06 bits per heavy atom. The van der Waals surface area contributed by atoms with Crippen molar-refractivity contribution in [1.29, 1.82) is 0 Å². The molecular formula is C24H18N2O6. The topological polar surface area (TPSA) is 109 Å². The highest BCUT2D eigenvalue weighted by molar-refractivity contribution is 6.32. The lowest BCUT2D eigenvalue weighted by Gasteiger charge is -2.12. The number of furan rings is 1. The summed E-state index contributed by atoms with van der Waals surface area (Å²) in [5, 5.41) is 14.7. The largest absolute Gasteiger partial charge is 0.478 e. The summed E-state index contributed by atoms with van der Waals surface area (Å²) in [4.78, 5) is 35.7. The van der Waals surface area contributed by atoms with Crippen LogP contribution in [0.2, 0.25) is 0 Å². The molecule has 160 valence electrons. The normalized spacial score (nSPS) is 14.6. The number of hydrazone groups is 1. The lowest BCUT2D eigenvalue weighted by atomic mass is 10.1. The number of hydrogen-bond donors (Lipinski definition) is 1. The molecule has 8 heteroatoms. The SMILES string of the molecule is COC(=O)c1ccc(N2N=C(C)/C(=C/c3ccc(-c4cccc(C(=O)O)c4)o3)C2=O)cc1. The maximum absolute atomic E-state index is 12.9. The van der Waals surface area contributed by atoms with Crippen molar-refractivity contribution in [3.8, 4) is 11.3 Å². The van der Waals surface area contributed by atoms with Gasteiger partial charge in [0.15, 0.2) is 0 Å². The van der Waals surface area contributed by atoms with E-state index in [0.717, 1.165) is 0 Å². The summed E-state index contributed by atoms with van der Waals surface area (Å²) in [7, 11) is 1.30. The molecule has 0 bridgehead atoms. The number of carboxylic acid groups (broad SMARTS) is 1. The van der Waals surface area contributed by atoms with E-state index in [-0.39, 0.29) is 11.5 Å². The fraction of sp³-hybridized carbons (Fsp3) is 0.0833. The van der Waals surface area contributed by atoms with Crippen molar-refractivity contribution in [2.24, 2.45) is 5.10 Å². The van der Waals surface area contributed by atoms with E-state index in [1.54, 1.807) is 61.5 Å². The van der Waals surface area contributed by atoms with Crippen molar-refractivity contribution in [3.05, 3.63) is 83.1 Å². The van der Waals surface area contributed by atoms with Crippen LogP contribution in [0.4, 0.5) is 5.69 Å². The number of aromatic carboxylic acids is 1. The second kappa shape index (κ2) is 8.35. The summed E-state index contributed by atoms with van der Waals surface area (Å²) in [6, 6.07) is 16.2. The van der Waals surface area contributed by atoms with Gasteiger partial charge in [-0.2, -0.15) is 10.1 Å². The van der Waals surface area contributed by atoms with Gasteiger partial charge in [-0.25, -0.2) is 9.59 Å². The van der Waals surface area contributed by atoms with Crippen LogP contribution in [0.3, 0.4) is 0 Å². The average molecular weight is 430 g/mol. The summed E-state index contributed by atoms with van der Waals surface area (Å²) in [6.07, 6.45) is 1.59. The molecule has 2 aromatic carbocycles. The van der Waals surface area contributed by atoms with E-state index in [1.807, 2.05) is 0 Å². The van der Waals surface area contributed by atoms with Crippen LogP contribution in [0.1, 0.15) is 33.4 Å². The lowest BCUT2D eigenvalue weighted by Crippen LogP contribution is -2.21. The van der Waals surface area contributed by atoms with Crippen LogP contribution >= 0.6 is 0 Å². The van der Waals surface area contributed by atoms with Gasteiger partial charge in [0.25, 0.3) is 5.91 Å². The first-order valence-corrected chi connectivity index (χ1v) is 9.61. The fourth-order valence-electron chi connectivity index (χ4n) is 3.25. The minimum atomic E-state index is -1.02. The van der Waals surface area contributed by atoms with Crippen molar-refractivity contribution in [2.45, 2.75) is 6.92 Å². The van der Waals surface area contributed by atoms with Crippen molar-refractivity contribution < 1.29 is 28.6 Å². The second-order valence-corrected chi connectivity index (χ2v) is 6.99. The number of nitrogens with zero attached hydrogens (tertiary/aromatic N) is 2. The molecule has 4 rings (SSSR count). The smallest absolute Gasteiger partial charge is 0.337 e. The average Bonchev–Trinajstić information content (AvgIpc) is 3.39. The van der Waals surface area contributed by atoms with Gasteiger partial charge in [-0.1, -0.05) is 12.1 Å². The maximum atomic E-state index is 12.9. The molecule has 1 amide bonds. The van der Waals surface area contributed by atoms with Crippen LogP contribution < -0.4 is 5.01 Å². The molecule has 32 heavy (non-hydrogen) atoms. The van der Waals surface area contributed by atoms with Gasteiger partial charge in [0.2, 0.25) is 0 Å². The Labute approximate surface area is 183 Å². The number of carboxylic acids is 1. The van der Waals surface area contributed by atoms with Gasteiger partial charge in [-0.05, 0) is 61.5 Å². The molecule has 2 heterocycles. The van der Waals surface area contributed by atoms with E-state index in [9.17, 15) is 14.4 Å². The number of esters is 1. The zero-order valence-electron chi connectivity index (χ0n) is 17.2. The van der Waals surface area contributed by atoms with Crippen LogP contribution in [0.15, 0.2) is 75.8 Å². The van der Waals surface area contributed by atoms with Gasteiger partial charge < -0.3 is 14.3 Å². The number of hydrogen-bond acceptors (Lipinski definition) is 6. The van der Waals surface area contributed by atoms with Crippen molar-refractivity contribution >= 4 is 35.3 Å². The number of anilines is 1. The first-order valence-electron chi connectivity index (χ1n) is 9.61. The number of ether oxygens (including phenoxy) is 1. The van der Waals surface area contributed by atoms with E-state index in [1.165, 1.54) is 24.3 Å². The molecule has 8 nitrogen and oxygen atoms in total. The van der Waals surface area contributed by atoms with Gasteiger partial charge in [0, 0.05) is 5.56 Å². The number of carbonyl (C=O) groups excluding carboxylic acids is 2. The van der Waals surface area contributed by atoms with E-state index in [4.69, 9.17) is 9.52 Å². The Morgan fingerprint density at radius 2 is 1.81 bits per heavy atom. The van der Waals surface area contributed by atoms with Gasteiger partial charge in [-0.15, -0.1) is 0 Å². The molecule has 0 fully saturated rings. The van der Waals surface area contributed by atoms with Gasteiger partial charge in [0.1, 0.15) is 11.5 Å². The standard InChI is InChI=1S/C24H18N2O6/c1-14-20(22(27)26(25-14)18-8-6-15(7-9-18)24(30)31-2)13-19-10-11-21(32-19)16-4-3-5-17(12-16)23(28)29/h3-13H,1-2H3,(H,28,29)/b20-13-. The molecule has 1 N–H and O–H groups in total. The third kappa shape index (κ3) is 3.93. The van der Waals surface area contributed by atoms with Crippen LogP contribution in [0, 0.1) is 0 Å². The van der Waals surface area contributed by atoms with Gasteiger partial charge >= 0.3 is 11.9 Å². The predicted molar refractivity (Wildman–Crippen MR) is 117 cm³/mol. The van der Waals surface area contributed by atoms with Gasteiger partial charge in [0.05, 0.1) is 35.2 Å². The van der Waals surface area contributed by atoms with Crippen LogP contribution in [-0.4, -0.2) is 35.8 Å². The van der Waals surface area contributed by atoms with E-state index in [2.05, 4.69) is 9.84 Å². The molecule has 1 aliphatic rings. The highest BCUT2D eigenvalue weighted by Gasteiger charge is 2.29. The number of carbonyl (C=O) groups is 3. The minimum Gasteiger partial charge on any atom is -0.478 e. The molecular weight excluding hydrogens is 412 g/mol. The highest BCUT2D eigenvalue weighted by Crippen LogP contribution is 2.28. The molecule has 0 atom stereocenters. The summed E-state index contributed by atoms with van der Waals surface area (Å²) in [6.45, 7) is 1.72. The molecule has 0 unspecified atom stereocenters. The maximum Gasteiger partial charge on any atom is 0.337 e. The summed E-state index contributed by atoms with van der Waals surface area (Å²) in [5.74, 6) is -0.910. The molecule has 0 aliphatic carbocycles. The molecule has 0 spiro atoms. The first-order chi connectivity index (χ1) is 15.4. The van der Waals surface area contributed by atoms with E-state index in [0.29, 0.717) is 39.6 Å². The Morgan fingerprint density at radius 3 is 2.50 bits per heavy atom. The molecule has 0 saturated carbocycles. The predicted octanol–water partition coefficient (Wildman–Crippen LogP) is 4.24. The molecule has 1 aliphatic heterocycles. The Kier molecular flexibility index (Phi) is 5.43. The Balaban J connectivity index is 1.58. The quantitative estimate of drug-likeness (QED) is 0.479. The molecule has 3 aromatic rings. The number of rotatable bonds is 5. The first kappa shape index (κ1) is 20.8.